The summed E-state index contributed by atoms with van der Waals surface area (Å²) < 4.78 is 0. The maximum atomic E-state index is 11.3. The SMILES string of the molecule is CC(C)N1C[C@H](C)C(=O)C[C@H]1C. The molecule has 0 N–H and O–H groups in total. The average Bonchev–Trinajstić information content (AvgIpc) is 1.96. The molecule has 1 aliphatic heterocycles. The number of rotatable bonds is 1. The van der Waals surface area contributed by atoms with Gasteiger partial charge in [0.15, 0.2) is 0 Å². The summed E-state index contributed by atoms with van der Waals surface area (Å²) in [6.07, 6.45) is 0.735. The van der Waals surface area contributed by atoms with Crippen LogP contribution in [0.3, 0.4) is 0 Å². The largest absolute Gasteiger partial charge is 0.299 e. The molecule has 1 heterocycles. The van der Waals surface area contributed by atoms with Crippen LogP contribution in [-0.2, 0) is 4.79 Å². The van der Waals surface area contributed by atoms with Crippen LogP contribution in [0, 0.1) is 5.92 Å². The lowest BCUT2D eigenvalue weighted by molar-refractivity contribution is -0.127. The van der Waals surface area contributed by atoms with Gasteiger partial charge in [0.1, 0.15) is 5.78 Å². The summed E-state index contributed by atoms with van der Waals surface area (Å²) in [5.41, 5.74) is 0. The first kappa shape index (κ1) is 9.72. The molecule has 0 aromatic heterocycles. The van der Waals surface area contributed by atoms with Gasteiger partial charge in [0.05, 0.1) is 0 Å². The highest BCUT2D eigenvalue weighted by Crippen LogP contribution is 2.20. The predicted molar refractivity (Wildman–Crippen MR) is 50.1 cm³/mol. The van der Waals surface area contributed by atoms with Crippen molar-refractivity contribution in [3.05, 3.63) is 0 Å². The van der Waals surface area contributed by atoms with Gasteiger partial charge in [-0.25, -0.2) is 0 Å². The molecule has 1 rings (SSSR count). The standard InChI is InChI=1S/C10H19NO/c1-7(2)11-6-8(3)10(12)5-9(11)4/h7-9H,5-6H2,1-4H3/t8-,9+/m0/s1. The van der Waals surface area contributed by atoms with Crippen LogP contribution in [0.5, 0.6) is 0 Å². The van der Waals surface area contributed by atoms with E-state index in [0.717, 1.165) is 13.0 Å². The molecule has 0 spiro atoms. The van der Waals surface area contributed by atoms with Gasteiger partial charge in [0.2, 0.25) is 0 Å². The molecule has 0 saturated carbocycles. The number of hydrogen-bond donors (Lipinski definition) is 0. The Balaban J connectivity index is 2.61. The number of piperidine rings is 1. The Morgan fingerprint density at radius 1 is 1.42 bits per heavy atom. The maximum absolute atomic E-state index is 11.3. The van der Waals surface area contributed by atoms with Gasteiger partial charge in [-0.3, -0.25) is 9.69 Å². The zero-order chi connectivity index (χ0) is 9.30. The van der Waals surface area contributed by atoms with Gasteiger partial charge in [0.25, 0.3) is 0 Å². The summed E-state index contributed by atoms with van der Waals surface area (Å²) >= 11 is 0. The first-order chi connectivity index (χ1) is 5.52. The molecule has 1 aliphatic rings. The molecular weight excluding hydrogens is 150 g/mol. The topological polar surface area (TPSA) is 20.3 Å². The minimum absolute atomic E-state index is 0.239. The van der Waals surface area contributed by atoms with Crippen LogP contribution in [-0.4, -0.2) is 29.3 Å². The second kappa shape index (κ2) is 3.56. The molecule has 0 aromatic carbocycles. The van der Waals surface area contributed by atoms with Crippen molar-refractivity contribution in [2.24, 2.45) is 5.92 Å². The molecule has 1 fully saturated rings. The van der Waals surface area contributed by atoms with E-state index in [2.05, 4.69) is 25.7 Å². The van der Waals surface area contributed by atoms with E-state index >= 15 is 0 Å². The van der Waals surface area contributed by atoms with E-state index in [-0.39, 0.29) is 5.92 Å². The van der Waals surface area contributed by atoms with Crippen LogP contribution >= 0.6 is 0 Å². The molecule has 2 atom stereocenters. The van der Waals surface area contributed by atoms with E-state index in [9.17, 15) is 4.79 Å². The highest BCUT2D eigenvalue weighted by molar-refractivity contribution is 5.82. The van der Waals surface area contributed by atoms with Crippen molar-refractivity contribution in [3.8, 4) is 0 Å². The van der Waals surface area contributed by atoms with Crippen molar-refractivity contribution < 1.29 is 4.79 Å². The van der Waals surface area contributed by atoms with Crippen molar-refractivity contribution in [2.45, 2.75) is 46.2 Å². The maximum Gasteiger partial charge on any atom is 0.138 e. The van der Waals surface area contributed by atoms with Crippen molar-refractivity contribution in [1.29, 1.82) is 0 Å². The second-order valence-corrected chi connectivity index (χ2v) is 4.21. The van der Waals surface area contributed by atoms with Crippen LogP contribution in [0.4, 0.5) is 0 Å². The minimum atomic E-state index is 0.239. The molecule has 0 aliphatic carbocycles. The van der Waals surface area contributed by atoms with Crippen molar-refractivity contribution in [2.75, 3.05) is 6.54 Å². The lowest BCUT2D eigenvalue weighted by Gasteiger charge is -2.38. The number of carbonyl (C=O) groups excluding carboxylic acids is 1. The van der Waals surface area contributed by atoms with Gasteiger partial charge >= 0.3 is 0 Å². The van der Waals surface area contributed by atoms with E-state index in [0.29, 0.717) is 17.9 Å². The second-order valence-electron chi connectivity index (χ2n) is 4.21. The lowest BCUT2D eigenvalue weighted by atomic mass is 9.92. The van der Waals surface area contributed by atoms with Gasteiger partial charge in [-0.05, 0) is 20.8 Å². The summed E-state index contributed by atoms with van der Waals surface area (Å²) in [7, 11) is 0. The summed E-state index contributed by atoms with van der Waals surface area (Å²) in [6.45, 7) is 9.50. The van der Waals surface area contributed by atoms with Crippen LogP contribution in [0.15, 0.2) is 0 Å². The molecule has 0 aromatic rings. The molecular formula is C10H19NO. The Morgan fingerprint density at radius 2 is 2.00 bits per heavy atom. The Kier molecular flexibility index (Phi) is 2.89. The normalized spacial score (nSPS) is 32.9. The third-order valence-electron chi connectivity index (χ3n) is 2.76. The minimum Gasteiger partial charge on any atom is -0.299 e. The van der Waals surface area contributed by atoms with Gasteiger partial charge < -0.3 is 0 Å². The Morgan fingerprint density at radius 3 is 2.50 bits per heavy atom. The Bertz CT molecular complexity index is 177. The third-order valence-corrected chi connectivity index (χ3v) is 2.76. The van der Waals surface area contributed by atoms with Crippen LogP contribution in [0.2, 0.25) is 0 Å². The molecule has 2 heteroatoms. The third kappa shape index (κ3) is 1.86. The Hall–Kier alpha value is -0.370. The number of ketones is 1. The first-order valence-electron chi connectivity index (χ1n) is 4.80. The summed E-state index contributed by atoms with van der Waals surface area (Å²) in [5.74, 6) is 0.669. The smallest absolute Gasteiger partial charge is 0.138 e. The lowest BCUT2D eigenvalue weighted by Crippen LogP contribution is -2.48. The summed E-state index contributed by atoms with van der Waals surface area (Å²) in [5, 5.41) is 0. The first-order valence-corrected chi connectivity index (χ1v) is 4.80. The van der Waals surface area contributed by atoms with E-state index in [1.54, 1.807) is 0 Å². The molecule has 0 bridgehead atoms. The highest BCUT2D eigenvalue weighted by atomic mass is 16.1. The molecule has 12 heavy (non-hydrogen) atoms. The molecule has 0 amide bonds. The van der Waals surface area contributed by atoms with Crippen molar-refractivity contribution in [3.63, 3.8) is 0 Å². The van der Waals surface area contributed by atoms with Gasteiger partial charge in [-0.15, -0.1) is 0 Å². The van der Waals surface area contributed by atoms with Gasteiger partial charge in [0, 0.05) is 31.0 Å². The number of Topliss-reactive ketones (excluding diaryl/α,β-unsaturated/α-hetero) is 1. The predicted octanol–water partition coefficient (Wildman–Crippen LogP) is 1.69. The van der Waals surface area contributed by atoms with Crippen molar-refractivity contribution in [1.82, 2.24) is 4.90 Å². The number of likely N-dealkylation sites (tertiary alicyclic amines) is 1. The van der Waals surface area contributed by atoms with Gasteiger partial charge in [-0.1, -0.05) is 6.92 Å². The molecule has 1 saturated heterocycles. The van der Waals surface area contributed by atoms with E-state index in [4.69, 9.17) is 0 Å². The van der Waals surface area contributed by atoms with Crippen LogP contribution < -0.4 is 0 Å². The fourth-order valence-corrected chi connectivity index (χ4v) is 1.93. The fourth-order valence-electron chi connectivity index (χ4n) is 1.93. The quantitative estimate of drug-likeness (QED) is 0.595. The highest BCUT2D eigenvalue weighted by Gasteiger charge is 2.30. The molecule has 2 nitrogen and oxygen atoms in total. The zero-order valence-electron chi connectivity index (χ0n) is 8.50. The molecule has 70 valence electrons. The van der Waals surface area contributed by atoms with E-state index < -0.39 is 0 Å². The summed E-state index contributed by atoms with van der Waals surface area (Å²) in [6, 6.07) is 1.00. The zero-order valence-corrected chi connectivity index (χ0v) is 8.50. The molecule has 0 unspecified atom stereocenters. The number of hydrogen-bond acceptors (Lipinski definition) is 2. The molecule has 0 radical (unpaired) electrons. The van der Waals surface area contributed by atoms with Crippen LogP contribution in [0.1, 0.15) is 34.1 Å². The van der Waals surface area contributed by atoms with Crippen LogP contribution in [0.25, 0.3) is 0 Å². The fraction of sp³-hybridized carbons (Fsp3) is 0.900. The Labute approximate surface area is 74.9 Å². The monoisotopic (exact) mass is 169 g/mol. The van der Waals surface area contributed by atoms with Crippen molar-refractivity contribution >= 4 is 5.78 Å². The van der Waals surface area contributed by atoms with Gasteiger partial charge in [-0.2, -0.15) is 0 Å². The van der Waals surface area contributed by atoms with E-state index in [1.165, 1.54) is 0 Å². The summed E-state index contributed by atoms with van der Waals surface area (Å²) in [4.78, 5) is 13.8. The number of nitrogens with zero attached hydrogens (tertiary/aromatic N) is 1. The average molecular weight is 169 g/mol. The number of carbonyl (C=O) groups is 1. The van der Waals surface area contributed by atoms with E-state index in [1.807, 2.05) is 6.92 Å².